The van der Waals surface area contributed by atoms with Crippen molar-refractivity contribution in [2.24, 2.45) is 4.99 Å². The molecule has 0 saturated carbocycles. The zero-order chi connectivity index (χ0) is 12.3. The molecular weight excluding hydrogens is 248 g/mol. The Hall–Kier alpha value is -1.49. The van der Waals surface area contributed by atoms with Crippen molar-refractivity contribution in [3.8, 4) is 0 Å². The van der Waals surface area contributed by atoms with Gasteiger partial charge >= 0.3 is 0 Å². The number of aliphatic imine (C=N–C) groups is 1. The predicted octanol–water partition coefficient (Wildman–Crippen LogP) is 3.14. The van der Waals surface area contributed by atoms with Crippen molar-refractivity contribution in [2.45, 2.75) is 18.4 Å². The number of nitrogens with zero attached hydrogens (tertiary/aromatic N) is 2. The number of rotatable bonds is 3. The number of hydrogen-bond donors (Lipinski definition) is 1. The van der Waals surface area contributed by atoms with E-state index >= 15 is 0 Å². The molecule has 1 N–H and O–H groups in total. The molecule has 2 rings (SSSR count). The van der Waals surface area contributed by atoms with Crippen LogP contribution in [-0.4, -0.2) is 23.2 Å². The number of alkyl halides is 2. The van der Waals surface area contributed by atoms with Gasteiger partial charge in [0, 0.05) is 18.8 Å². The molecule has 90 valence electrons. The van der Waals surface area contributed by atoms with Crippen LogP contribution in [0, 0.1) is 0 Å². The second-order valence-corrected chi connectivity index (χ2v) is 4.05. The lowest BCUT2D eigenvalue weighted by Gasteiger charge is -2.31. The lowest BCUT2D eigenvalue weighted by atomic mass is 9.94. The van der Waals surface area contributed by atoms with Crippen molar-refractivity contribution in [3.63, 3.8) is 0 Å². The molecule has 1 aliphatic heterocycles. The number of aromatic nitrogens is 1. The average Bonchev–Trinajstić information content (AvgIpc) is 2.30. The summed E-state index contributed by atoms with van der Waals surface area (Å²) in [5.74, 6) is 0.317. The highest BCUT2D eigenvalue weighted by Gasteiger charge is 2.38. The van der Waals surface area contributed by atoms with Crippen LogP contribution in [-0.2, 0) is 0 Å². The number of hydrogen-bond acceptors (Lipinski definition) is 3. The van der Waals surface area contributed by atoms with Gasteiger partial charge in [-0.2, -0.15) is 0 Å². The van der Waals surface area contributed by atoms with Gasteiger partial charge in [-0.1, -0.05) is 17.7 Å². The first-order chi connectivity index (χ1) is 8.12. The van der Waals surface area contributed by atoms with Crippen molar-refractivity contribution in [2.75, 3.05) is 5.32 Å². The molecule has 1 aromatic heterocycles. The van der Waals surface area contributed by atoms with E-state index in [1.165, 1.54) is 18.5 Å². The molecule has 0 amide bonds. The molecular formula is C11H10ClF2N3. The third kappa shape index (κ3) is 2.61. The number of anilines is 1. The summed E-state index contributed by atoms with van der Waals surface area (Å²) in [5, 5.41) is 2.97. The van der Waals surface area contributed by atoms with Gasteiger partial charge in [-0.3, -0.25) is 4.99 Å². The summed E-state index contributed by atoms with van der Waals surface area (Å²) in [4.78, 5) is 7.73. The second kappa shape index (κ2) is 4.79. The molecule has 0 aromatic carbocycles. The highest BCUT2D eigenvalue weighted by atomic mass is 35.5. The first-order valence-corrected chi connectivity index (χ1v) is 5.38. The minimum Gasteiger partial charge on any atom is -0.355 e. The van der Waals surface area contributed by atoms with Crippen molar-refractivity contribution in [3.05, 3.63) is 35.6 Å². The predicted molar refractivity (Wildman–Crippen MR) is 63.9 cm³/mol. The van der Waals surface area contributed by atoms with Crippen LogP contribution in [0.5, 0.6) is 0 Å². The Morgan fingerprint density at radius 3 is 2.82 bits per heavy atom. The monoisotopic (exact) mass is 257 g/mol. The number of halogens is 3. The summed E-state index contributed by atoms with van der Waals surface area (Å²) < 4.78 is 26.3. The molecule has 0 saturated heterocycles. The fourth-order valence-electron chi connectivity index (χ4n) is 1.53. The fourth-order valence-corrected chi connectivity index (χ4v) is 1.70. The molecule has 6 heteroatoms. The van der Waals surface area contributed by atoms with E-state index in [0.29, 0.717) is 5.82 Å². The Balaban J connectivity index is 2.25. The van der Waals surface area contributed by atoms with Crippen LogP contribution in [0.3, 0.4) is 0 Å². The molecule has 17 heavy (non-hydrogen) atoms. The minimum absolute atomic E-state index is 0.107. The highest BCUT2D eigenvalue weighted by molar-refractivity contribution is 6.29. The number of nitrogens with one attached hydrogen (secondary N) is 1. The normalized spacial score (nSPS) is 23.1. The first kappa shape index (κ1) is 12.0. The maximum atomic E-state index is 13.1. The molecule has 0 aliphatic carbocycles. The van der Waals surface area contributed by atoms with Gasteiger partial charge in [-0.05, 0) is 18.2 Å². The van der Waals surface area contributed by atoms with E-state index in [0.717, 1.165) is 0 Å². The fraction of sp³-hybridized carbons (Fsp3) is 0.273. The van der Waals surface area contributed by atoms with Gasteiger partial charge in [0.25, 0.3) is 6.43 Å². The van der Waals surface area contributed by atoms with E-state index in [2.05, 4.69) is 15.3 Å². The summed E-state index contributed by atoms with van der Waals surface area (Å²) in [6.07, 6.45) is 1.69. The molecule has 1 atom stereocenters. The Morgan fingerprint density at radius 1 is 1.41 bits per heavy atom. The van der Waals surface area contributed by atoms with Gasteiger partial charge in [0.1, 0.15) is 16.5 Å². The van der Waals surface area contributed by atoms with Gasteiger partial charge < -0.3 is 5.32 Å². The largest absolute Gasteiger partial charge is 0.355 e. The zero-order valence-electron chi connectivity index (χ0n) is 8.78. The maximum absolute atomic E-state index is 13.1. The highest BCUT2D eigenvalue weighted by Crippen LogP contribution is 2.28. The molecule has 0 bridgehead atoms. The number of pyridine rings is 1. The standard InChI is InChI=1S/C11H10ClF2N3/c12-8-2-1-3-9(16-8)17-11(10(13)14)4-6-15-7-5-11/h1-4,6-7,10H,5H2,(H,16,17). The van der Waals surface area contributed by atoms with Crippen LogP contribution in [0.15, 0.2) is 35.5 Å². The van der Waals surface area contributed by atoms with Crippen molar-refractivity contribution in [1.29, 1.82) is 0 Å². The van der Waals surface area contributed by atoms with Crippen LogP contribution in [0.25, 0.3) is 0 Å². The molecule has 1 unspecified atom stereocenters. The second-order valence-electron chi connectivity index (χ2n) is 3.66. The van der Waals surface area contributed by atoms with E-state index in [1.54, 1.807) is 18.2 Å². The minimum atomic E-state index is -2.56. The van der Waals surface area contributed by atoms with Crippen LogP contribution >= 0.6 is 11.6 Å². The quantitative estimate of drug-likeness (QED) is 0.845. The van der Waals surface area contributed by atoms with E-state index < -0.39 is 12.0 Å². The SMILES string of the molecule is FC(F)C1(Nc2cccc(Cl)n2)C=CN=CC1. The summed E-state index contributed by atoms with van der Waals surface area (Å²) in [6, 6.07) is 4.83. The average molecular weight is 258 g/mol. The van der Waals surface area contributed by atoms with Gasteiger partial charge in [-0.15, -0.1) is 0 Å². The molecule has 1 aromatic rings. The van der Waals surface area contributed by atoms with Crippen LogP contribution in [0.1, 0.15) is 6.42 Å². The third-order valence-corrected chi connectivity index (χ3v) is 2.67. The Bertz CT molecular complexity index is 462. The van der Waals surface area contributed by atoms with E-state index in [4.69, 9.17) is 11.6 Å². The van der Waals surface area contributed by atoms with Crippen LogP contribution < -0.4 is 5.32 Å². The molecule has 2 heterocycles. The topological polar surface area (TPSA) is 37.3 Å². The zero-order valence-corrected chi connectivity index (χ0v) is 9.53. The first-order valence-electron chi connectivity index (χ1n) is 5.01. The molecule has 3 nitrogen and oxygen atoms in total. The Morgan fingerprint density at radius 2 is 2.24 bits per heavy atom. The van der Waals surface area contributed by atoms with Gasteiger partial charge in [0.2, 0.25) is 0 Å². The summed E-state index contributed by atoms with van der Waals surface area (Å²) >= 11 is 5.70. The summed E-state index contributed by atoms with van der Waals surface area (Å²) in [7, 11) is 0. The summed E-state index contributed by atoms with van der Waals surface area (Å²) in [5.41, 5.74) is -1.46. The van der Waals surface area contributed by atoms with E-state index in [1.807, 2.05) is 0 Å². The Labute approximate surface area is 102 Å². The molecule has 0 radical (unpaired) electrons. The lowest BCUT2D eigenvalue weighted by molar-refractivity contribution is 0.0928. The maximum Gasteiger partial charge on any atom is 0.265 e. The van der Waals surface area contributed by atoms with Gasteiger partial charge in [-0.25, -0.2) is 13.8 Å². The molecule has 0 spiro atoms. The van der Waals surface area contributed by atoms with E-state index in [9.17, 15) is 8.78 Å². The van der Waals surface area contributed by atoms with Crippen molar-refractivity contribution < 1.29 is 8.78 Å². The van der Waals surface area contributed by atoms with Crippen LogP contribution in [0.2, 0.25) is 5.15 Å². The van der Waals surface area contributed by atoms with Gasteiger partial charge in [0.05, 0.1) is 0 Å². The van der Waals surface area contributed by atoms with Crippen LogP contribution in [0.4, 0.5) is 14.6 Å². The lowest BCUT2D eigenvalue weighted by Crippen LogP contribution is -2.45. The molecule has 0 fully saturated rings. The smallest absolute Gasteiger partial charge is 0.265 e. The van der Waals surface area contributed by atoms with Crippen molar-refractivity contribution in [1.82, 2.24) is 4.98 Å². The third-order valence-electron chi connectivity index (χ3n) is 2.46. The van der Waals surface area contributed by atoms with Gasteiger partial charge in [0.15, 0.2) is 0 Å². The van der Waals surface area contributed by atoms with Crippen molar-refractivity contribution >= 4 is 23.6 Å². The van der Waals surface area contributed by atoms with E-state index in [-0.39, 0.29) is 11.6 Å². The molecule has 1 aliphatic rings. The summed E-state index contributed by atoms with van der Waals surface area (Å²) in [6.45, 7) is 0. The Kier molecular flexibility index (Phi) is 3.38.